The molecule has 0 saturated heterocycles. The lowest BCUT2D eigenvalue weighted by Crippen LogP contribution is -1.99. The van der Waals surface area contributed by atoms with Gasteiger partial charge in [0.2, 0.25) is 0 Å². The van der Waals surface area contributed by atoms with Gasteiger partial charge in [0.25, 0.3) is 0 Å². The topological polar surface area (TPSA) is 52.0 Å². The van der Waals surface area contributed by atoms with E-state index in [2.05, 4.69) is 4.98 Å². The zero-order valence-electron chi connectivity index (χ0n) is 8.69. The molecule has 2 aromatic heterocycles. The molecule has 0 radical (unpaired) electrons. The Kier molecular flexibility index (Phi) is 3.18. The number of aryl methyl sites for hydroxylation is 2. The third-order valence-corrected chi connectivity index (χ3v) is 3.20. The SMILES string of the molecule is Cc1ccc(-c2ncc(CCCN)s2)o1. The molecule has 0 unspecified atom stereocenters. The van der Waals surface area contributed by atoms with Gasteiger partial charge in [-0.15, -0.1) is 11.3 Å². The van der Waals surface area contributed by atoms with Gasteiger partial charge in [0.05, 0.1) is 0 Å². The van der Waals surface area contributed by atoms with Crippen molar-refractivity contribution in [1.82, 2.24) is 4.98 Å². The van der Waals surface area contributed by atoms with Crippen LogP contribution in [0.25, 0.3) is 10.8 Å². The highest BCUT2D eigenvalue weighted by Crippen LogP contribution is 2.27. The first kappa shape index (κ1) is 10.4. The van der Waals surface area contributed by atoms with E-state index in [0.29, 0.717) is 0 Å². The first-order valence-electron chi connectivity index (χ1n) is 5.01. The Bertz CT molecular complexity index is 433. The first-order valence-corrected chi connectivity index (χ1v) is 5.83. The summed E-state index contributed by atoms with van der Waals surface area (Å²) in [5.74, 6) is 1.78. The van der Waals surface area contributed by atoms with Crippen LogP contribution in [0.15, 0.2) is 22.7 Å². The first-order chi connectivity index (χ1) is 7.29. The van der Waals surface area contributed by atoms with Gasteiger partial charge in [0, 0.05) is 11.1 Å². The van der Waals surface area contributed by atoms with Gasteiger partial charge in [-0.05, 0) is 38.4 Å². The maximum absolute atomic E-state index is 5.51. The zero-order chi connectivity index (χ0) is 10.7. The summed E-state index contributed by atoms with van der Waals surface area (Å²) in [5.41, 5.74) is 5.46. The van der Waals surface area contributed by atoms with Crippen LogP contribution in [0.2, 0.25) is 0 Å². The van der Waals surface area contributed by atoms with E-state index in [4.69, 9.17) is 10.2 Å². The molecule has 2 N–H and O–H groups in total. The molecule has 2 heterocycles. The van der Waals surface area contributed by atoms with Crippen LogP contribution in [-0.4, -0.2) is 11.5 Å². The second kappa shape index (κ2) is 4.59. The van der Waals surface area contributed by atoms with Crippen molar-refractivity contribution in [3.05, 3.63) is 29.0 Å². The van der Waals surface area contributed by atoms with Crippen molar-refractivity contribution < 1.29 is 4.42 Å². The molecule has 2 rings (SSSR count). The maximum atomic E-state index is 5.51. The van der Waals surface area contributed by atoms with E-state index >= 15 is 0 Å². The van der Waals surface area contributed by atoms with E-state index in [1.165, 1.54) is 4.88 Å². The number of nitrogens with zero attached hydrogens (tertiary/aromatic N) is 1. The molecule has 0 amide bonds. The third-order valence-electron chi connectivity index (χ3n) is 2.13. The van der Waals surface area contributed by atoms with E-state index in [1.807, 2.05) is 25.3 Å². The molecule has 0 atom stereocenters. The molecule has 0 bridgehead atoms. The molecule has 0 aliphatic rings. The van der Waals surface area contributed by atoms with Crippen molar-refractivity contribution in [2.45, 2.75) is 19.8 Å². The second-order valence-electron chi connectivity index (χ2n) is 3.43. The quantitative estimate of drug-likeness (QED) is 0.865. The van der Waals surface area contributed by atoms with Crippen molar-refractivity contribution in [2.75, 3.05) is 6.54 Å². The van der Waals surface area contributed by atoms with Gasteiger partial charge in [0.15, 0.2) is 10.8 Å². The van der Waals surface area contributed by atoms with E-state index < -0.39 is 0 Å². The molecular formula is C11H14N2OS. The van der Waals surface area contributed by atoms with Crippen molar-refractivity contribution >= 4 is 11.3 Å². The summed E-state index contributed by atoms with van der Waals surface area (Å²) in [4.78, 5) is 5.60. The molecule has 15 heavy (non-hydrogen) atoms. The molecule has 0 spiro atoms. The van der Waals surface area contributed by atoms with Gasteiger partial charge < -0.3 is 10.2 Å². The molecule has 0 aliphatic carbocycles. The highest BCUT2D eigenvalue weighted by Gasteiger charge is 2.07. The molecular weight excluding hydrogens is 208 g/mol. The van der Waals surface area contributed by atoms with Crippen molar-refractivity contribution in [3.8, 4) is 10.8 Å². The van der Waals surface area contributed by atoms with Gasteiger partial charge in [-0.3, -0.25) is 0 Å². The van der Waals surface area contributed by atoms with E-state index in [9.17, 15) is 0 Å². The van der Waals surface area contributed by atoms with E-state index in [0.717, 1.165) is 35.9 Å². The fourth-order valence-electron chi connectivity index (χ4n) is 1.36. The Morgan fingerprint density at radius 2 is 2.33 bits per heavy atom. The number of hydrogen-bond donors (Lipinski definition) is 1. The number of hydrogen-bond acceptors (Lipinski definition) is 4. The molecule has 0 aromatic carbocycles. The smallest absolute Gasteiger partial charge is 0.162 e. The van der Waals surface area contributed by atoms with Gasteiger partial charge in [-0.25, -0.2) is 4.98 Å². The van der Waals surface area contributed by atoms with Crippen LogP contribution >= 0.6 is 11.3 Å². The Morgan fingerprint density at radius 1 is 1.47 bits per heavy atom. The minimum absolute atomic E-state index is 0.729. The van der Waals surface area contributed by atoms with Crippen molar-refractivity contribution in [2.24, 2.45) is 5.73 Å². The lowest BCUT2D eigenvalue weighted by atomic mass is 10.3. The van der Waals surface area contributed by atoms with Crippen LogP contribution in [0.5, 0.6) is 0 Å². The van der Waals surface area contributed by atoms with Gasteiger partial charge in [0.1, 0.15) is 5.76 Å². The number of aromatic nitrogens is 1. The van der Waals surface area contributed by atoms with E-state index in [1.54, 1.807) is 11.3 Å². The van der Waals surface area contributed by atoms with Crippen LogP contribution in [0.3, 0.4) is 0 Å². The lowest BCUT2D eigenvalue weighted by Gasteiger charge is -1.91. The monoisotopic (exact) mass is 222 g/mol. The standard InChI is InChI=1S/C11H14N2OS/c1-8-4-5-10(14-8)11-13-7-9(15-11)3-2-6-12/h4-5,7H,2-3,6,12H2,1H3. The Balaban J connectivity index is 2.13. The second-order valence-corrected chi connectivity index (χ2v) is 4.55. The predicted molar refractivity (Wildman–Crippen MR) is 61.9 cm³/mol. The Labute approximate surface area is 92.9 Å². The normalized spacial score (nSPS) is 10.8. The third kappa shape index (κ3) is 2.46. The zero-order valence-corrected chi connectivity index (χ0v) is 9.51. The Hall–Kier alpha value is -1.13. The number of furan rings is 1. The highest BCUT2D eigenvalue weighted by atomic mass is 32.1. The van der Waals surface area contributed by atoms with Crippen molar-refractivity contribution in [3.63, 3.8) is 0 Å². The van der Waals surface area contributed by atoms with Gasteiger partial charge in [-0.2, -0.15) is 0 Å². The van der Waals surface area contributed by atoms with Crippen molar-refractivity contribution in [1.29, 1.82) is 0 Å². The summed E-state index contributed by atoms with van der Waals surface area (Å²) >= 11 is 1.68. The average molecular weight is 222 g/mol. The summed E-state index contributed by atoms with van der Waals surface area (Å²) in [6.07, 6.45) is 3.93. The number of nitrogens with two attached hydrogens (primary N) is 1. The summed E-state index contributed by atoms with van der Waals surface area (Å²) in [6, 6.07) is 3.91. The average Bonchev–Trinajstić information content (AvgIpc) is 2.83. The van der Waals surface area contributed by atoms with Crippen LogP contribution in [0.4, 0.5) is 0 Å². The largest absolute Gasteiger partial charge is 0.459 e. The molecule has 0 aliphatic heterocycles. The van der Waals surface area contributed by atoms with Crippen LogP contribution in [-0.2, 0) is 6.42 Å². The van der Waals surface area contributed by atoms with Crippen LogP contribution in [0, 0.1) is 6.92 Å². The summed E-state index contributed by atoms with van der Waals surface area (Å²) in [7, 11) is 0. The minimum Gasteiger partial charge on any atom is -0.459 e. The molecule has 0 saturated carbocycles. The van der Waals surface area contributed by atoms with Gasteiger partial charge >= 0.3 is 0 Å². The van der Waals surface area contributed by atoms with Gasteiger partial charge in [-0.1, -0.05) is 0 Å². The molecule has 2 aromatic rings. The lowest BCUT2D eigenvalue weighted by molar-refractivity contribution is 0.548. The summed E-state index contributed by atoms with van der Waals surface area (Å²) in [6.45, 7) is 2.67. The number of thiazole rings is 1. The molecule has 80 valence electrons. The summed E-state index contributed by atoms with van der Waals surface area (Å²) in [5, 5.41) is 0.954. The predicted octanol–water partition coefficient (Wildman–Crippen LogP) is 2.60. The Morgan fingerprint density at radius 3 is 3.00 bits per heavy atom. The van der Waals surface area contributed by atoms with Crippen LogP contribution in [0.1, 0.15) is 17.1 Å². The molecule has 4 heteroatoms. The fourth-order valence-corrected chi connectivity index (χ4v) is 2.28. The minimum atomic E-state index is 0.729. The maximum Gasteiger partial charge on any atom is 0.162 e. The van der Waals surface area contributed by atoms with E-state index in [-0.39, 0.29) is 0 Å². The molecule has 3 nitrogen and oxygen atoms in total. The fraction of sp³-hybridized carbons (Fsp3) is 0.364. The van der Waals surface area contributed by atoms with Crippen LogP contribution < -0.4 is 5.73 Å². The molecule has 0 fully saturated rings. The summed E-state index contributed by atoms with van der Waals surface area (Å²) < 4.78 is 5.51. The number of rotatable bonds is 4. The highest BCUT2D eigenvalue weighted by molar-refractivity contribution is 7.14.